The highest BCUT2D eigenvalue weighted by Gasteiger charge is 2.19. The third kappa shape index (κ3) is 7.80. The maximum atomic E-state index is 3.57. The van der Waals surface area contributed by atoms with Gasteiger partial charge in [-0.2, -0.15) is 0 Å². The van der Waals surface area contributed by atoms with Crippen molar-refractivity contribution in [3.63, 3.8) is 0 Å². The summed E-state index contributed by atoms with van der Waals surface area (Å²) in [4.78, 5) is 0. The Balaban J connectivity index is 1.77. The van der Waals surface area contributed by atoms with Gasteiger partial charge in [-0.3, -0.25) is 0 Å². The quantitative estimate of drug-likeness (QED) is 0.544. The Morgan fingerprint density at radius 3 is 2.60 bits per heavy atom. The van der Waals surface area contributed by atoms with Crippen molar-refractivity contribution in [1.82, 2.24) is 10.6 Å². The van der Waals surface area contributed by atoms with Gasteiger partial charge in [-0.1, -0.05) is 13.8 Å². The molecule has 0 aliphatic heterocycles. The normalized spacial score (nSPS) is 18.0. The van der Waals surface area contributed by atoms with Crippen molar-refractivity contribution < 1.29 is 0 Å². The molecule has 15 heavy (non-hydrogen) atoms. The van der Waals surface area contributed by atoms with E-state index in [0.717, 1.165) is 12.0 Å². The van der Waals surface area contributed by atoms with Gasteiger partial charge < -0.3 is 10.6 Å². The third-order valence-corrected chi connectivity index (χ3v) is 3.12. The molecule has 1 aliphatic carbocycles. The summed E-state index contributed by atoms with van der Waals surface area (Å²) in [5.41, 5.74) is 0. The first-order valence-corrected chi connectivity index (χ1v) is 6.77. The molecule has 0 spiro atoms. The largest absolute Gasteiger partial charge is 0.317 e. The molecule has 0 aromatic rings. The molecule has 0 amide bonds. The highest BCUT2D eigenvalue weighted by Crippen LogP contribution is 2.18. The van der Waals surface area contributed by atoms with Crippen LogP contribution in [0.25, 0.3) is 0 Å². The third-order valence-electron chi connectivity index (χ3n) is 3.12. The van der Waals surface area contributed by atoms with Gasteiger partial charge in [0, 0.05) is 6.04 Å². The van der Waals surface area contributed by atoms with E-state index in [2.05, 4.69) is 24.5 Å². The van der Waals surface area contributed by atoms with Crippen molar-refractivity contribution in [2.75, 3.05) is 19.6 Å². The molecular weight excluding hydrogens is 184 g/mol. The molecule has 0 aromatic heterocycles. The van der Waals surface area contributed by atoms with E-state index in [1.54, 1.807) is 0 Å². The lowest BCUT2D eigenvalue weighted by Gasteiger charge is -2.11. The van der Waals surface area contributed by atoms with Gasteiger partial charge in [-0.05, 0) is 64.1 Å². The summed E-state index contributed by atoms with van der Waals surface area (Å²) in [6.07, 6.45) is 8.15. The zero-order chi connectivity index (χ0) is 10.9. The van der Waals surface area contributed by atoms with Gasteiger partial charge in [0.25, 0.3) is 0 Å². The van der Waals surface area contributed by atoms with Crippen LogP contribution in [0.4, 0.5) is 0 Å². The van der Waals surface area contributed by atoms with E-state index < -0.39 is 0 Å². The summed E-state index contributed by atoms with van der Waals surface area (Å²) in [6.45, 7) is 8.21. The Bertz CT molecular complexity index is 143. The van der Waals surface area contributed by atoms with Crippen molar-refractivity contribution in [3.8, 4) is 0 Å². The molecule has 1 saturated carbocycles. The summed E-state index contributed by atoms with van der Waals surface area (Å²) in [5, 5.41) is 7.04. The van der Waals surface area contributed by atoms with Crippen molar-refractivity contribution in [1.29, 1.82) is 0 Å². The predicted octanol–water partition coefficient (Wildman–Crippen LogP) is 2.54. The van der Waals surface area contributed by atoms with E-state index in [4.69, 9.17) is 0 Å². The Hall–Kier alpha value is -0.0800. The maximum Gasteiger partial charge on any atom is 0.00682 e. The van der Waals surface area contributed by atoms with Crippen LogP contribution in [0.15, 0.2) is 0 Å². The van der Waals surface area contributed by atoms with E-state index >= 15 is 0 Å². The standard InChI is InChI=1S/C13H28N2/c1-3-9-14-11-8-12(2)5-4-10-15-13-6-7-13/h12-15H,3-11H2,1-2H3. The average molecular weight is 212 g/mol. The first-order valence-electron chi connectivity index (χ1n) is 6.77. The van der Waals surface area contributed by atoms with Gasteiger partial charge in [0.1, 0.15) is 0 Å². The first kappa shape index (κ1) is 13.0. The van der Waals surface area contributed by atoms with E-state index in [0.29, 0.717) is 0 Å². The minimum absolute atomic E-state index is 0.881. The Morgan fingerprint density at radius 1 is 1.13 bits per heavy atom. The molecule has 0 saturated heterocycles. The highest BCUT2D eigenvalue weighted by atomic mass is 14.9. The molecule has 1 fully saturated rings. The molecule has 90 valence electrons. The van der Waals surface area contributed by atoms with Crippen LogP contribution < -0.4 is 10.6 Å². The van der Waals surface area contributed by atoms with Gasteiger partial charge in [-0.25, -0.2) is 0 Å². The van der Waals surface area contributed by atoms with Crippen LogP contribution in [0.1, 0.15) is 52.4 Å². The summed E-state index contributed by atoms with van der Waals surface area (Å²) in [6, 6.07) is 0.881. The molecule has 2 N–H and O–H groups in total. The summed E-state index contributed by atoms with van der Waals surface area (Å²) >= 11 is 0. The molecule has 0 bridgehead atoms. The summed E-state index contributed by atoms with van der Waals surface area (Å²) < 4.78 is 0. The van der Waals surface area contributed by atoms with E-state index in [9.17, 15) is 0 Å². The molecule has 0 aromatic carbocycles. The second kappa shape index (κ2) is 8.12. The zero-order valence-corrected chi connectivity index (χ0v) is 10.5. The molecular formula is C13H28N2. The van der Waals surface area contributed by atoms with Crippen LogP contribution >= 0.6 is 0 Å². The SMILES string of the molecule is CCCNCCC(C)CCCNC1CC1. The van der Waals surface area contributed by atoms with Gasteiger partial charge in [0.05, 0.1) is 0 Å². The minimum Gasteiger partial charge on any atom is -0.317 e. The van der Waals surface area contributed by atoms with Gasteiger partial charge in [0.15, 0.2) is 0 Å². The molecule has 0 heterocycles. The average Bonchev–Trinajstić information content (AvgIpc) is 3.03. The van der Waals surface area contributed by atoms with Crippen LogP contribution in [-0.4, -0.2) is 25.7 Å². The smallest absolute Gasteiger partial charge is 0.00682 e. The maximum absolute atomic E-state index is 3.57. The van der Waals surface area contributed by atoms with Crippen LogP contribution in [0, 0.1) is 5.92 Å². The van der Waals surface area contributed by atoms with E-state index in [1.807, 2.05) is 0 Å². The zero-order valence-electron chi connectivity index (χ0n) is 10.5. The fourth-order valence-corrected chi connectivity index (χ4v) is 1.84. The second-order valence-electron chi connectivity index (χ2n) is 5.01. The predicted molar refractivity (Wildman–Crippen MR) is 67.2 cm³/mol. The Morgan fingerprint density at radius 2 is 1.93 bits per heavy atom. The van der Waals surface area contributed by atoms with E-state index in [1.165, 1.54) is 58.2 Å². The molecule has 0 radical (unpaired) electrons. The number of hydrogen-bond donors (Lipinski definition) is 2. The van der Waals surface area contributed by atoms with Crippen LogP contribution in [0.2, 0.25) is 0 Å². The molecule has 1 unspecified atom stereocenters. The van der Waals surface area contributed by atoms with Crippen molar-refractivity contribution in [3.05, 3.63) is 0 Å². The first-order chi connectivity index (χ1) is 7.33. The topological polar surface area (TPSA) is 24.1 Å². The number of rotatable bonds is 10. The van der Waals surface area contributed by atoms with Gasteiger partial charge in [-0.15, -0.1) is 0 Å². The fourth-order valence-electron chi connectivity index (χ4n) is 1.84. The molecule has 2 heteroatoms. The second-order valence-corrected chi connectivity index (χ2v) is 5.01. The number of hydrogen-bond acceptors (Lipinski definition) is 2. The Kier molecular flexibility index (Phi) is 7.03. The van der Waals surface area contributed by atoms with Crippen LogP contribution in [0.3, 0.4) is 0 Å². The summed E-state index contributed by atoms with van der Waals surface area (Å²) in [7, 11) is 0. The lowest BCUT2D eigenvalue weighted by atomic mass is 10.0. The highest BCUT2D eigenvalue weighted by molar-refractivity contribution is 4.80. The van der Waals surface area contributed by atoms with E-state index in [-0.39, 0.29) is 0 Å². The summed E-state index contributed by atoms with van der Waals surface area (Å²) in [5.74, 6) is 0.885. The van der Waals surface area contributed by atoms with Gasteiger partial charge in [0.2, 0.25) is 0 Å². The lowest BCUT2D eigenvalue weighted by Crippen LogP contribution is -2.20. The van der Waals surface area contributed by atoms with Crippen molar-refractivity contribution in [2.24, 2.45) is 5.92 Å². The van der Waals surface area contributed by atoms with Crippen molar-refractivity contribution in [2.45, 2.75) is 58.4 Å². The molecule has 1 atom stereocenters. The molecule has 1 aliphatic rings. The van der Waals surface area contributed by atoms with Gasteiger partial charge >= 0.3 is 0 Å². The molecule has 1 rings (SSSR count). The number of nitrogens with one attached hydrogen (secondary N) is 2. The Labute approximate surface area is 95.2 Å². The molecule has 2 nitrogen and oxygen atoms in total. The van der Waals surface area contributed by atoms with Crippen LogP contribution in [0.5, 0.6) is 0 Å². The fraction of sp³-hybridized carbons (Fsp3) is 1.00. The van der Waals surface area contributed by atoms with Crippen molar-refractivity contribution >= 4 is 0 Å². The lowest BCUT2D eigenvalue weighted by molar-refractivity contribution is 0.447. The minimum atomic E-state index is 0.881. The monoisotopic (exact) mass is 212 g/mol. The van der Waals surface area contributed by atoms with Crippen LogP contribution in [-0.2, 0) is 0 Å².